The van der Waals surface area contributed by atoms with Gasteiger partial charge in [0.15, 0.2) is 0 Å². The molecular weight excluding hydrogens is 158 g/mol. The van der Waals surface area contributed by atoms with Gasteiger partial charge < -0.3 is 11.5 Å². The molecule has 50 valence electrons. The fourth-order valence-corrected chi connectivity index (χ4v) is 0. The van der Waals surface area contributed by atoms with Gasteiger partial charge in [-0.25, -0.2) is 0 Å². The molecule has 0 aromatic heterocycles. The van der Waals surface area contributed by atoms with E-state index in [9.17, 15) is 0 Å². The molecule has 0 spiro atoms. The molecule has 0 amide bonds. The lowest BCUT2D eigenvalue weighted by molar-refractivity contribution is 0.976. The van der Waals surface area contributed by atoms with Crippen molar-refractivity contribution in [2.45, 2.75) is 0 Å². The molecule has 0 aliphatic carbocycles. The molecule has 0 bridgehead atoms. The lowest BCUT2D eigenvalue weighted by Gasteiger charge is -1.72. The van der Waals surface area contributed by atoms with E-state index < -0.39 is 0 Å². The van der Waals surface area contributed by atoms with E-state index in [4.69, 9.17) is 11.5 Å². The molecule has 0 radical (unpaired) electrons. The van der Waals surface area contributed by atoms with Gasteiger partial charge in [-0.2, -0.15) is 0 Å². The van der Waals surface area contributed by atoms with Crippen LogP contribution in [0, 0.1) is 0 Å². The van der Waals surface area contributed by atoms with Crippen LogP contribution in [0.1, 0.15) is 0 Å². The van der Waals surface area contributed by atoms with Crippen molar-refractivity contribution < 1.29 is 0 Å². The maximum atomic E-state index is 4.90. The van der Waals surface area contributed by atoms with Crippen molar-refractivity contribution >= 4 is 37.2 Å². The summed E-state index contributed by atoms with van der Waals surface area (Å²) >= 11 is 0. The first-order valence-electron chi connectivity index (χ1n) is 1.32. The second kappa shape index (κ2) is 29.2. The second-order valence-electron chi connectivity index (χ2n) is 0.577. The maximum Gasteiger partial charge on any atom is 0.00461 e. The monoisotopic (exact) mass is 168 g/mol. The molecule has 0 saturated carbocycles. The average molecular weight is 169 g/mol. The van der Waals surface area contributed by atoms with Gasteiger partial charge in [0.1, 0.15) is 0 Å². The SMILES string of the molecule is Cl.Cl.Cl.NCCN. The molecule has 0 aromatic rings. The summed E-state index contributed by atoms with van der Waals surface area (Å²) < 4.78 is 0. The van der Waals surface area contributed by atoms with Gasteiger partial charge in [-0.05, 0) is 0 Å². The van der Waals surface area contributed by atoms with Gasteiger partial charge >= 0.3 is 0 Å². The highest BCUT2D eigenvalue weighted by Crippen LogP contribution is 1.24. The molecule has 7 heavy (non-hydrogen) atoms. The molecule has 4 N–H and O–H groups in total. The zero-order valence-corrected chi connectivity index (χ0v) is 6.24. The lowest BCUT2D eigenvalue weighted by Crippen LogP contribution is -2.11. The summed E-state index contributed by atoms with van der Waals surface area (Å²) in [6, 6.07) is 0. The number of rotatable bonds is 1. The Morgan fingerprint density at radius 3 is 0.857 bits per heavy atom. The third-order valence-electron chi connectivity index (χ3n) is 0.167. The van der Waals surface area contributed by atoms with Gasteiger partial charge in [0.2, 0.25) is 0 Å². The highest BCUT2D eigenvalue weighted by atomic mass is 35.5. The van der Waals surface area contributed by atoms with Crippen LogP contribution < -0.4 is 11.5 Å². The number of hydrogen-bond acceptors (Lipinski definition) is 2. The van der Waals surface area contributed by atoms with E-state index >= 15 is 0 Å². The highest BCUT2D eigenvalue weighted by Gasteiger charge is 1.54. The minimum Gasteiger partial charge on any atom is -0.329 e. The van der Waals surface area contributed by atoms with E-state index in [1.807, 2.05) is 0 Å². The predicted molar refractivity (Wildman–Crippen MR) is 39.9 cm³/mol. The summed E-state index contributed by atoms with van der Waals surface area (Å²) in [5.74, 6) is 0. The van der Waals surface area contributed by atoms with Crippen molar-refractivity contribution in [2.75, 3.05) is 13.1 Å². The zero-order chi connectivity index (χ0) is 3.41. The van der Waals surface area contributed by atoms with Crippen LogP contribution in [0.25, 0.3) is 0 Å². The minimum atomic E-state index is 0. The Kier molecular flexibility index (Phi) is 104. The van der Waals surface area contributed by atoms with Crippen LogP contribution >= 0.6 is 37.2 Å². The Morgan fingerprint density at radius 1 is 0.714 bits per heavy atom. The molecule has 0 rings (SSSR count). The van der Waals surface area contributed by atoms with Crippen molar-refractivity contribution in [1.82, 2.24) is 0 Å². The first-order chi connectivity index (χ1) is 1.91. The van der Waals surface area contributed by atoms with Gasteiger partial charge in [0.25, 0.3) is 0 Å². The number of nitrogens with two attached hydrogens (primary N) is 2. The van der Waals surface area contributed by atoms with Gasteiger partial charge in [-0.3, -0.25) is 0 Å². The summed E-state index contributed by atoms with van der Waals surface area (Å²) in [6.45, 7) is 1.19. The third kappa shape index (κ3) is 48.6. The molecule has 0 heterocycles. The number of hydrogen-bond donors (Lipinski definition) is 2. The van der Waals surface area contributed by atoms with E-state index in [-0.39, 0.29) is 37.2 Å². The third-order valence-corrected chi connectivity index (χ3v) is 0.167. The van der Waals surface area contributed by atoms with Crippen LogP contribution in [0.5, 0.6) is 0 Å². The van der Waals surface area contributed by atoms with E-state index in [0.29, 0.717) is 13.1 Å². The molecule has 0 unspecified atom stereocenters. The Labute approximate surface area is 62.2 Å². The highest BCUT2D eigenvalue weighted by molar-refractivity contribution is 5.86. The zero-order valence-electron chi connectivity index (χ0n) is 3.79. The van der Waals surface area contributed by atoms with Crippen molar-refractivity contribution in [2.24, 2.45) is 11.5 Å². The standard InChI is InChI=1S/C2H8N2.3ClH/c3-1-2-4;;;/h1-4H2;3*1H. The van der Waals surface area contributed by atoms with Crippen LogP contribution in [-0.4, -0.2) is 13.1 Å². The molecule has 0 fully saturated rings. The number of halogens is 3. The van der Waals surface area contributed by atoms with Crippen LogP contribution in [0.4, 0.5) is 0 Å². The molecule has 2 nitrogen and oxygen atoms in total. The molecule has 0 aliphatic rings. The first kappa shape index (κ1) is 25.0. The van der Waals surface area contributed by atoms with Crippen LogP contribution in [0.15, 0.2) is 0 Å². The Morgan fingerprint density at radius 2 is 0.857 bits per heavy atom. The van der Waals surface area contributed by atoms with E-state index in [1.165, 1.54) is 0 Å². The summed E-state index contributed by atoms with van der Waals surface area (Å²) in [6.07, 6.45) is 0. The summed E-state index contributed by atoms with van der Waals surface area (Å²) in [4.78, 5) is 0. The van der Waals surface area contributed by atoms with Gasteiger partial charge in [0.05, 0.1) is 0 Å². The molecule has 0 atom stereocenters. The largest absolute Gasteiger partial charge is 0.329 e. The van der Waals surface area contributed by atoms with Crippen molar-refractivity contribution in [1.29, 1.82) is 0 Å². The van der Waals surface area contributed by atoms with E-state index in [2.05, 4.69) is 0 Å². The normalized spacial score (nSPS) is 4.29. The molecule has 5 heteroatoms. The molecular formula is C2H11Cl3N2. The topological polar surface area (TPSA) is 52.0 Å². The van der Waals surface area contributed by atoms with Gasteiger partial charge in [-0.1, -0.05) is 0 Å². The van der Waals surface area contributed by atoms with Gasteiger partial charge in [0, 0.05) is 13.1 Å². The predicted octanol–water partition coefficient (Wildman–Crippen LogP) is 0.169. The molecule has 0 aromatic carbocycles. The van der Waals surface area contributed by atoms with Crippen molar-refractivity contribution in [3.8, 4) is 0 Å². The first-order valence-corrected chi connectivity index (χ1v) is 1.32. The summed E-state index contributed by atoms with van der Waals surface area (Å²) in [5.41, 5.74) is 9.81. The summed E-state index contributed by atoms with van der Waals surface area (Å²) in [5, 5.41) is 0. The van der Waals surface area contributed by atoms with Crippen LogP contribution in [0.3, 0.4) is 0 Å². The van der Waals surface area contributed by atoms with E-state index in [1.54, 1.807) is 0 Å². The minimum absolute atomic E-state index is 0. The fraction of sp³-hybridized carbons (Fsp3) is 1.00. The maximum absolute atomic E-state index is 4.90. The Hall–Kier alpha value is 0.790. The van der Waals surface area contributed by atoms with Crippen molar-refractivity contribution in [3.05, 3.63) is 0 Å². The quantitative estimate of drug-likeness (QED) is 0.588. The average Bonchev–Trinajstić information content (AvgIpc) is 1.37. The second-order valence-corrected chi connectivity index (χ2v) is 0.577. The Balaban J connectivity index is -0.0000000150. The smallest absolute Gasteiger partial charge is 0.00461 e. The Bertz CT molecular complexity index is 12.9. The molecule has 0 aliphatic heterocycles. The molecule has 0 saturated heterocycles. The van der Waals surface area contributed by atoms with Crippen molar-refractivity contribution in [3.63, 3.8) is 0 Å². The lowest BCUT2D eigenvalue weighted by atomic mass is 10.7. The van der Waals surface area contributed by atoms with E-state index in [0.717, 1.165) is 0 Å². The fourth-order valence-electron chi connectivity index (χ4n) is 0. The summed E-state index contributed by atoms with van der Waals surface area (Å²) in [7, 11) is 0. The van der Waals surface area contributed by atoms with Gasteiger partial charge in [-0.15, -0.1) is 37.2 Å². The van der Waals surface area contributed by atoms with Crippen LogP contribution in [0.2, 0.25) is 0 Å². The van der Waals surface area contributed by atoms with Crippen LogP contribution in [-0.2, 0) is 0 Å².